The summed E-state index contributed by atoms with van der Waals surface area (Å²) in [5.41, 5.74) is 9.34. The minimum Gasteiger partial charge on any atom is -0.321 e. The van der Waals surface area contributed by atoms with Gasteiger partial charge in [0.25, 0.3) is 5.69 Å². The Balaban J connectivity index is 1.77. The maximum atomic E-state index is 11.1. The van der Waals surface area contributed by atoms with Gasteiger partial charge in [0.05, 0.1) is 4.92 Å². The summed E-state index contributed by atoms with van der Waals surface area (Å²) in [4.78, 5) is 12.8. The first kappa shape index (κ1) is 18.0. The largest absolute Gasteiger partial charge is 0.321 e. The zero-order valence-electron chi connectivity index (χ0n) is 14.3. The smallest absolute Gasteiger partial charge is 0.269 e. The number of nitrogens with one attached hydrogen (secondary N) is 2. The molecule has 0 aliphatic rings. The number of para-hydroxylation sites is 1. The van der Waals surface area contributed by atoms with E-state index >= 15 is 0 Å². The second kappa shape index (κ2) is 8.51. The van der Waals surface area contributed by atoms with Crippen LogP contribution >= 0.6 is 11.8 Å². The number of non-ortho nitro benzene ring substituents is 1. The summed E-state index contributed by atoms with van der Waals surface area (Å²) >= 11 is 1.60. The summed E-state index contributed by atoms with van der Waals surface area (Å²) in [6.07, 6.45) is 0. The summed E-state index contributed by atoms with van der Waals surface area (Å²) < 4.78 is 0. The molecule has 0 atom stereocenters. The lowest BCUT2D eigenvalue weighted by Crippen LogP contribution is -2.21. The van der Waals surface area contributed by atoms with Gasteiger partial charge in [0.15, 0.2) is 0 Å². The predicted octanol–water partition coefficient (Wildman–Crippen LogP) is 5.17. The third-order valence-corrected chi connectivity index (χ3v) is 4.92. The average Bonchev–Trinajstić information content (AvgIpc) is 2.65. The van der Waals surface area contributed by atoms with Crippen LogP contribution in [0.3, 0.4) is 0 Å². The molecule has 0 fully saturated rings. The minimum atomic E-state index is -0.367. The second-order valence-corrected chi connectivity index (χ2v) is 6.92. The van der Waals surface area contributed by atoms with Crippen LogP contribution in [0.25, 0.3) is 0 Å². The predicted molar refractivity (Wildman–Crippen MR) is 105 cm³/mol. The second-order valence-electron chi connectivity index (χ2n) is 5.81. The van der Waals surface area contributed by atoms with E-state index in [-0.39, 0.29) is 10.6 Å². The zero-order chi connectivity index (χ0) is 18.4. The normalized spacial score (nSPS) is 10.5. The molecule has 0 spiro atoms. The first-order valence-electron chi connectivity index (χ1n) is 8.17. The van der Waals surface area contributed by atoms with Gasteiger partial charge in [-0.05, 0) is 42.8 Å². The Kier molecular flexibility index (Phi) is 5.88. The number of nitro groups is 1. The molecule has 0 aromatic heterocycles. The molecule has 3 aromatic carbocycles. The van der Waals surface area contributed by atoms with E-state index in [0.717, 1.165) is 21.0 Å². The van der Waals surface area contributed by atoms with Crippen molar-refractivity contribution in [2.24, 2.45) is 0 Å². The van der Waals surface area contributed by atoms with E-state index in [0.29, 0.717) is 6.54 Å². The summed E-state index contributed by atoms with van der Waals surface area (Å²) in [6, 6.07) is 22.9. The third-order valence-electron chi connectivity index (χ3n) is 3.79. The van der Waals surface area contributed by atoms with Gasteiger partial charge in [-0.25, -0.2) is 5.43 Å². The Labute approximate surface area is 156 Å². The highest BCUT2D eigenvalue weighted by molar-refractivity contribution is 7.99. The van der Waals surface area contributed by atoms with Crippen LogP contribution < -0.4 is 10.9 Å². The molecule has 6 heteroatoms. The maximum Gasteiger partial charge on any atom is 0.269 e. The fraction of sp³-hybridized carbons (Fsp3) is 0.100. The Bertz CT molecular complexity index is 883. The highest BCUT2D eigenvalue weighted by Crippen LogP contribution is 2.32. The molecule has 0 radical (unpaired) electrons. The molecular formula is C20H19N3O2S. The van der Waals surface area contributed by atoms with E-state index in [2.05, 4.69) is 35.1 Å². The quantitative estimate of drug-likeness (QED) is 0.446. The van der Waals surface area contributed by atoms with Crippen molar-refractivity contribution in [1.29, 1.82) is 0 Å². The molecule has 3 rings (SSSR count). The fourth-order valence-electron chi connectivity index (χ4n) is 2.41. The SMILES string of the molecule is Cc1ccc(Sc2ccc([N+](=O)[O-])cc2CNNc2ccccc2)cc1. The summed E-state index contributed by atoms with van der Waals surface area (Å²) in [5, 5.41) is 11.1. The minimum absolute atomic E-state index is 0.0924. The molecule has 0 amide bonds. The molecule has 0 saturated heterocycles. The number of aryl methyl sites for hydroxylation is 1. The number of nitrogens with zero attached hydrogens (tertiary/aromatic N) is 1. The van der Waals surface area contributed by atoms with Crippen molar-refractivity contribution in [3.63, 3.8) is 0 Å². The third kappa shape index (κ3) is 4.84. The van der Waals surface area contributed by atoms with Crippen LogP contribution in [0.2, 0.25) is 0 Å². The maximum absolute atomic E-state index is 11.1. The van der Waals surface area contributed by atoms with Crippen molar-refractivity contribution in [3.8, 4) is 0 Å². The fourth-order valence-corrected chi connectivity index (χ4v) is 3.34. The summed E-state index contributed by atoms with van der Waals surface area (Å²) in [7, 11) is 0. The lowest BCUT2D eigenvalue weighted by molar-refractivity contribution is -0.385. The van der Waals surface area contributed by atoms with Gasteiger partial charge in [-0.3, -0.25) is 10.1 Å². The van der Waals surface area contributed by atoms with Crippen molar-refractivity contribution in [2.45, 2.75) is 23.3 Å². The van der Waals surface area contributed by atoms with Gasteiger partial charge in [0.2, 0.25) is 0 Å². The van der Waals surface area contributed by atoms with E-state index < -0.39 is 0 Å². The summed E-state index contributed by atoms with van der Waals surface area (Å²) in [6.45, 7) is 2.51. The number of rotatable bonds is 7. The van der Waals surface area contributed by atoms with E-state index in [1.54, 1.807) is 23.9 Å². The number of anilines is 1. The van der Waals surface area contributed by atoms with Crippen molar-refractivity contribution in [2.75, 3.05) is 5.43 Å². The first-order valence-corrected chi connectivity index (χ1v) is 8.99. The lowest BCUT2D eigenvalue weighted by Gasteiger charge is -2.12. The molecule has 0 aliphatic carbocycles. The highest BCUT2D eigenvalue weighted by atomic mass is 32.2. The number of hydrogen-bond acceptors (Lipinski definition) is 5. The first-order chi connectivity index (χ1) is 12.6. The average molecular weight is 365 g/mol. The molecule has 0 unspecified atom stereocenters. The Hall–Kier alpha value is -2.83. The number of nitro benzene ring substituents is 1. The Morgan fingerprint density at radius 2 is 1.73 bits per heavy atom. The molecule has 5 nitrogen and oxygen atoms in total. The van der Waals surface area contributed by atoms with Gasteiger partial charge >= 0.3 is 0 Å². The Morgan fingerprint density at radius 3 is 2.42 bits per heavy atom. The standard InChI is InChI=1S/C20H19N3O2S/c1-15-7-10-19(11-8-15)26-20-12-9-18(23(24)25)13-16(20)14-21-22-17-5-3-2-4-6-17/h2-13,21-22H,14H2,1H3. The van der Waals surface area contributed by atoms with Crippen molar-refractivity contribution in [1.82, 2.24) is 5.43 Å². The van der Waals surface area contributed by atoms with E-state index in [4.69, 9.17) is 0 Å². The van der Waals surface area contributed by atoms with Gasteiger partial charge in [0, 0.05) is 34.2 Å². The molecule has 0 heterocycles. The van der Waals surface area contributed by atoms with Crippen LogP contribution in [0.4, 0.5) is 11.4 Å². The van der Waals surface area contributed by atoms with Crippen molar-refractivity contribution in [3.05, 3.63) is 94.0 Å². The van der Waals surface area contributed by atoms with Gasteiger partial charge in [-0.15, -0.1) is 0 Å². The van der Waals surface area contributed by atoms with E-state index in [1.807, 2.05) is 43.3 Å². The molecular weight excluding hydrogens is 346 g/mol. The van der Waals surface area contributed by atoms with E-state index in [9.17, 15) is 10.1 Å². The van der Waals surface area contributed by atoms with Crippen LogP contribution in [-0.4, -0.2) is 4.92 Å². The van der Waals surface area contributed by atoms with Crippen LogP contribution in [0, 0.1) is 17.0 Å². The lowest BCUT2D eigenvalue weighted by atomic mass is 10.2. The molecule has 0 bridgehead atoms. The van der Waals surface area contributed by atoms with Gasteiger partial charge in [-0.2, -0.15) is 0 Å². The van der Waals surface area contributed by atoms with E-state index in [1.165, 1.54) is 5.56 Å². The zero-order valence-corrected chi connectivity index (χ0v) is 15.1. The van der Waals surface area contributed by atoms with Crippen molar-refractivity contribution < 1.29 is 4.92 Å². The molecule has 0 aliphatic heterocycles. The molecule has 3 aromatic rings. The number of hydrazine groups is 1. The number of benzene rings is 3. The molecule has 132 valence electrons. The highest BCUT2D eigenvalue weighted by Gasteiger charge is 2.12. The molecule has 2 N–H and O–H groups in total. The topological polar surface area (TPSA) is 67.2 Å². The Morgan fingerprint density at radius 1 is 1.00 bits per heavy atom. The van der Waals surface area contributed by atoms with Gasteiger partial charge in [0.1, 0.15) is 0 Å². The van der Waals surface area contributed by atoms with Crippen LogP contribution in [-0.2, 0) is 6.54 Å². The monoisotopic (exact) mass is 365 g/mol. The van der Waals surface area contributed by atoms with Crippen molar-refractivity contribution >= 4 is 23.1 Å². The van der Waals surface area contributed by atoms with Crippen LogP contribution in [0.1, 0.15) is 11.1 Å². The molecule has 0 saturated carbocycles. The van der Waals surface area contributed by atoms with Gasteiger partial charge < -0.3 is 5.43 Å². The van der Waals surface area contributed by atoms with Crippen LogP contribution in [0.15, 0.2) is 82.6 Å². The van der Waals surface area contributed by atoms with Gasteiger partial charge in [-0.1, -0.05) is 47.7 Å². The summed E-state index contributed by atoms with van der Waals surface area (Å²) in [5.74, 6) is 0. The van der Waals surface area contributed by atoms with Crippen LogP contribution in [0.5, 0.6) is 0 Å². The number of hydrogen-bond donors (Lipinski definition) is 2. The molecule has 26 heavy (non-hydrogen) atoms.